The van der Waals surface area contributed by atoms with Gasteiger partial charge in [0.2, 0.25) is 0 Å². The Labute approximate surface area is 347 Å². The minimum Gasteiger partial charge on any atom is -0.333 e. The molecule has 2 heterocycles. The van der Waals surface area contributed by atoms with Crippen LogP contribution in [-0.2, 0) is 0 Å². The first-order valence-electron chi connectivity index (χ1n) is 20.7. The molecule has 0 saturated carbocycles. The van der Waals surface area contributed by atoms with Crippen molar-refractivity contribution in [3.8, 4) is 12.1 Å². The van der Waals surface area contributed by atoms with Crippen molar-refractivity contribution in [1.82, 2.24) is 0 Å². The molecular formula is C56H34N4. The third kappa shape index (κ3) is 4.43. The van der Waals surface area contributed by atoms with E-state index < -0.39 is 0 Å². The topological polar surface area (TPSA) is 54.1 Å². The van der Waals surface area contributed by atoms with Crippen LogP contribution in [0.1, 0.15) is 11.1 Å². The molecule has 7 aromatic rings. The lowest BCUT2D eigenvalue weighted by Crippen LogP contribution is -2.43. The van der Waals surface area contributed by atoms with E-state index in [0.717, 1.165) is 22.7 Å². The van der Waals surface area contributed by atoms with Gasteiger partial charge < -0.3 is 9.80 Å². The fourth-order valence-corrected chi connectivity index (χ4v) is 11.4. The number of nitrogens with zero attached hydrogens (tertiary/aromatic N) is 4. The van der Waals surface area contributed by atoms with Crippen LogP contribution >= 0.6 is 0 Å². The molecule has 0 N–H and O–H groups in total. The Morgan fingerprint density at radius 3 is 1.60 bits per heavy atom. The maximum absolute atomic E-state index is 10.3. The SMILES string of the molecule is N#CC1=CC2C3C(=C1)C=CC=C3c1ccccc1N2c1ccc2c(c1)c1ccccc1c1cc(N3c4ccccc4C4=CC=CC5=CC(C#N)=CC3C54)c3ccccc3c21. The molecule has 4 aliphatic carbocycles. The highest BCUT2D eigenvalue weighted by Crippen LogP contribution is 2.55. The average Bonchev–Trinajstić information content (AvgIpc) is 3.31. The smallest absolute Gasteiger partial charge is 0.0989 e. The average molecular weight is 763 g/mol. The zero-order valence-electron chi connectivity index (χ0n) is 32.4. The molecule has 7 aromatic carbocycles. The highest BCUT2D eigenvalue weighted by atomic mass is 15.2. The first-order chi connectivity index (χ1) is 29.7. The normalized spacial score (nSPS) is 21.7. The van der Waals surface area contributed by atoms with E-state index in [1.807, 2.05) is 0 Å². The molecule has 0 bridgehead atoms. The van der Waals surface area contributed by atoms with Crippen molar-refractivity contribution >= 4 is 77.0 Å². The van der Waals surface area contributed by atoms with Crippen LogP contribution < -0.4 is 9.80 Å². The minimum atomic E-state index is -0.0749. The zero-order chi connectivity index (χ0) is 39.6. The number of para-hydroxylation sites is 2. The first kappa shape index (κ1) is 33.1. The van der Waals surface area contributed by atoms with Crippen LogP contribution in [-0.4, -0.2) is 12.1 Å². The van der Waals surface area contributed by atoms with Crippen LogP contribution in [0.25, 0.3) is 54.2 Å². The van der Waals surface area contributed by atoms with Crippen molar-refractivity contribution in [3.05, 3.63) is 216 Å². The van der Waals surface area contributed by atoms with E-state index in [4.69, 9.17) is 0 Å². The molecule has 4 unspecified atom stereocenters. The molecule has 4 heteroatoms. The molecule has 2 aliphatic heterocycles. The predicted molar refractivity (Wildman–Crippen MR) is 246 cm³/mol. The number of nitriles is 2. The summed E-state index contributed by atoms with van der Waals surface area (Å²) >= 11 is 0. The Hall–Kier alpha value is -7.92. The van der Waals surface area contributed by atoms with Gasteiger partial charge in [-0.2, -0.15) is 10.5 Å². The number of rotatable bonds is 2. The van der Waals surface area contributed by atoms with Gasteiger partial charge >= 0.3 is 0 Å². The molecular weight excluding hydrogens is 729 g/mol. The number of fused-ring (bicyclic) bond motifs is 12. The van der Waals surface area contributed by atoms with Gasteiger partial charge in [0, 0.05) is 45.4 Å². The van der Waals surface area contributed by atoms with Crippen LogP contribution in [0.2, 0.25) is 0 Å². The number of allylic oxidation sites excluding steroid dienone is 10. The van der Waals surface area contributed by atoms with E-state index in [0.29, 0.717) is 11.1 Å². The summed E-state index contributed by atoms with van der Waals surface area (Å²) in [5.41, 5.74) is 13.4. The summed E-state index contributed by atoms with van der Waals surface area (Å²) in [6.07, 6.45) is 21.6. The van der Waals surface area contributed by atoms with Gasteiger partial charge in [-0.1, -0.05) is 127 Å². The highest BCUT2D eigenvalue weighted by molar-refractivity contribution is 6.33. The third-order valence-electron chi connectivity index (χ3n) is 13.7. The van der Waals surface area contributed by atoms with Gasteiger partial charge in [0.25, 0.3) is 0 Å². The van der Waals surface area contributed by atoms with E-state index in [1.165, 1.54) is 76.5 Å². The van der Waals surface area contributed by atoms with Crippen molar-refractivity contribution in [2.45, 2.75) is 12.1 Å². The summed E-state index contributed by atoms with van der Waals surface area (Å²) in [6.45, 7) is 0. The summed E-state index contributed by atoms with van der Waals surface area (Å²) in [7, 11) is 0. The number of hydrogen-bond donors (Lipinski definition) is 0. The van der Waals surface area contributed by atoms with E-state index in [1.54, 1.807) is 0 Å². The first-order valence-corrected chi connectivity index (χ1v) is 20.7. The van der Waals surface area contributed by atoms with Gasteiger partial charge in [-0.25, -0.2) is 0 Å². The van der Waals surface area contributed by atoms with E-state index >= 15 is 0 Å². The predicted octanol–water partition coefficient (Wildman–Crippen LogP) is 13.3. The Balaban J connectivity index is 1.08. The largest absolute Gasteiger partial charge is 0.333 e. The fourth-order valence-electron chi connectivity index (χ4n) is 11.4. The fraction of sp³-hybridized carbons (Fsp3) is 0.0714. The number of hydrogen-bond acceptors (Lipinski definition) is 4. The van der Waals surface area contributed by atoms with Gasteiger partial charge in [0.1, 0.15) is 0 Å². The molecule has 13 rings (SSSR count). The summed E-state index contributed by atoms with van der Waals surface area (Å²) in [5.74, 6) is 0.230. The van der Waals surface area contributed by atoms with Crippen LogP contribution in [0.3, 0.4) is 0 Å². The van der Waals surface area contributed by atoms with E-state index in [9.17, 15) is 10.5 Å². The number of benzene rings is 7. The number of anilines is 4. The second kappa shape index (κ2) is 12.3. The minimum absolute atomic E-state index is 0.0495. The quantitative estimate of drug-likeness (QED) is 0.165. The van der Waals surface area contributed by atoms with Crippen molar-refractivity contribution < 1.29 is 0 Å². The van der Waals surface area contributed by atoms with Crippen LogP contribution in [0, 0.1) is 34.5 Å². The lowest BCUT2D eigenvalue weighted by atomic mass is 9.71. The van der Waals surface area contributed by atoms with Crippen LogP contribution in [0.5, 0.6) is 0 Å². The maximum Gasteiger partial charge on any atom is 0.0989 e. The Morgan fingerprint density at radius 2 is 0.967 bits per heavy atom. The lowest BCUT2D eigenvalue weighted by molar-refractivity contribution is 0.636. The van der Waals surface area contributed by atoms with E-state index in [-0.39, 0.29) is 23.9 Å². The summed E-state index contributed by atoms with van der Waals surface area (Å²) in [6, 6.07) is 49.4. The zero-order valence-corrected chi connectivity index (χ0v) is 32.4. The molecule has 278 valence electrons. The Morgan fingerprint density at radius 1 is 0.450 bits per heavy atom. The van der Waals surface area contributed by atoms with Crippen LogP contribution in [0.4, 0.5) is 22.7 Å². The Bertz CT molecular complexity index is 3500. The molecule has 0 spiro atoms. The van der Waals surface area contributed by atoms with Gasteiger partial charge in [-0.3, -0.25) is 0 Å². The highest BCUT2D eigenvalue weighted by Gasteiger charge is 2.43. The molecule has 0 radical (unpaired) electrons. The van der Waals surface area contributed by atoms with Crippen LogP contribution in [0.15, 0.2) is 204 Å². The second-order valence-electron chi connectivity index (χ2n) is 16.6. The van der Waals surface area contributed by atoms with Gasteiger partial charge in [-0.05, 0) is 115 Å². The van der Waals surface area contributed by atoms with E-state index in [2.05, 4.69) is 204 Å². The summed E-state index contributed by atoms with van der Waals surface area (Å²) in [5, 5.41) is 30.1. The molecule has 0 amide bonds. The Kier molecular flexibility index (Phi) is 6.78. The van der Waals surface area contributed by atoms with Crippen molar-refractivity contribution in [2.75, 3.05) is 9.80 Å². The molecule has 6 aliphatic rings. The lowest BCUT2D eigenvalue weighted by Gasteiger charge is -2.47. The second-order valence-corrected chi connectivity index (χ2v) is 16.6. The molecule has 4 atom stereocenters. The molecule has 0 fully saturated rings. The monoisotopic (exact) mass is 762 g/mol. The molecule has 0 aromatic heterocycles. The summed E-state index contributed by atoms with van der Waals surface area (Å²) in [4.78, 5) is 4.98. The van der Waals surface area contributed by atoms with Crippen molar-refractivity contribution in [3.63, 3.8) is 0 Å². The van der Waals surface area contributed by atoms with Crippen molar-refractivity contribution in [2.24, 2.45) is 11.8 Å². The van der Waals surface area contributed by atoms with Gasteiger partial charge in [0.05, 0.1) is 41.1 Å². The standard InChI is InChI=1S/C56H34N4/c57-31-33-25-35-11-9-19-43-40-15-5-7-21-49(40)59(52(27-33)54(35)43)37-23-24-46-47(29-37)38-13-1-2-14-39(38)48-30-51(42-17-3-4-18-45(42)56(46)48)60-50-22-8-6-16-41(50)44-20-10-12-36-26-34(32-58)28-53(60)55(36)44/h1-30,52-55H. The molecule has 60 heavy (non-hydrogen) atoms. The van der Waals surface area contributed by atoms with Gasteiger partial charge in [-0.15, -0.1) is 0 Å². The maximum atomic E-state index is 10.3. The summed E-state index contributed by atoms with van der Waals surface area (Å²) < 4.78 is 0. The molecule has 4 nitrogen and oxygen atoms in total. The molecule has 0 saturated heterocycles. The van der Waals surface area contributed by atoms with Gasteiger partial charge in [0.15, 0.2) is 0 Å². The van der Waals surface area contributed by atoms with Crippen molar-refractivity contribution in [1.29, 1.82) is 10.5 Å². The third-order valence-corrected chi connectivity index (χ3v) is 13.7.